The van der Waals surface area contributed by atoms with E-state index in [0.29, 0.717) is 17.9 Å². The largest absolute Gasteiger partial charge is 0.356 e. The van der Waals surface area contributed by atoms with Gasteiger partial charge in [-0.3, -0.25) is 14.4 Å². The molecule has 0 bridgehead atoms. The van der Waals surface area contributed by atoms with Crippen LogP contribution >= 0.6 is 11.3 Å². The van der Waals surface area contributed by atoms with E-state index in [9.17, 15) is 14.4 Å². The number of anilines is 1. The zero-order chi connectivity index (χ0) is 22.1. The first-order valence-electron chi connectivity index (χ1n) is 11.8. The van der Waals surface area contributed by atoms with Crippen LogP contribution in [0, 0.1) is 5.92 Å². The lowest BCUT2D eigenvalue weighted by atomic mass is 9.96. The van der Waals surface area contributed by atoms with Gasteiger partial charge in [0.2, 0.25) is 21.9 Å². The van der Waals surface area contributed by atoms with Crippen LogP contribution in [0.15, 0.2) is 4.79 Å². The molecule has 1 N–H and O–H groups in total. The maximum Gasteiger partial charge on any atom is 0.278 e. The summed E-state index contributed by atoms with van der Waals surface area (Å²) in [6.45, 7) is 3.68. The van der Waals surface area contributed by atoms with Crippen molar-refractivity contribution >= 4 is 33.2 Å². The van der Waals surface area contributed by atoms with Crippen LogP contribution in [0.5, 0.6) is 0 Å². The first-order valence-corrected chi connectivity index (χ1v) is 12.6. The van der Waals surface area contributed by atoms with E-state index in [1.807, 2.05) is 4.90 Å². The second kappa shape index (κ2) is 9.17. The van der Waals surface area contributed by atoms with Gasteiger partial charge in [-0.2, -0.15) is 4.52 Å². The van der Waals surface area contributed by atoms with Gasteiger partial charge in [0.05, 0.1) is 5.69 Å². The number of likely N-dealkylation sites (tertiary alicyclic amines) is 1. The fourth-order valence-electron chi connectivity index (χ4n) is 4.99. The van der Waals surface area contributed by atoms with Gasteiger partial charge in [-0.15, -0.1) is 5.10 Å². The van der Waals surface area contributed by atoms with Crippen molar-refractivity contribution in [2.75, 3.05) is 37.6 Å². The summed E-state index contributed by atoms with van der Waals surface area (Å²) in [5, 5.41) is 8.43. The molecule has 2 aromatic heterocycles. The van der Waals surface area contributed by atoms with E-state index in [1.165, 1.54) is 15.9 Å². The number of hydrogen-bond acceptors (Lipinski definition) is 7. The molecule has 5 rings (SSSR count). The van der Waals surface area contributed by atoms with Crippen LogP contribution in [0.4, 0.5) is 5.13 Å². The molecule has 0 radical (unpaired) electrons. The third kappa shape index (κ3) is 4.24. The molecule has 10 heteroatoms. The lowest BCUT2D eigenvalue weighted by molar-refractivity contribution is -0.127. The van der Waals surface area contributed by atoms with E-state index in [2.05, 4.69) is 15.3 Å². The Morgan fingerprint density at radius 2 is 1.88 bits per heavy atom. The highest BCUT2D eigenvalue weighted by atomic mass is 32.1. The van der Waals surface area contributed by atoms with Gasteiger partial charge in [0, 0.05) is 50.6 Å². The molecule has 2 aromatic rings. The summed E-state index contributed by atoms with van der Waals surface area (Å²) in [5.41, 5.74) is 1.76. The SMILES string of the molecule is O=C(NCCCN1CCCC1=O)C1CCN(c2nn3c(=O)c4c(nc3s2)CCCC4)CC1. The molecule has 0 aromatic carbocycles. The third-order valence-electron chi connectivity index (χ3n) is 6.88. The first-order chi connectivity index (χ1) is 15.6. The van der Waals surface area contributed by atoms with Gasteiger partial charge in [-0.1, -0.05) is 11.3 Å². The van der Waals surface area contributed by atoms with Crippen molar-refractivity contribution in [2.45, 2.75) is 57.8 Å². The molecule has 0 saturated carbocycles. The number of piperidine rings is 1. The third-order valence-corrected chi connectivity index (χ3v) is 7.85. The van der Waals surface area contributed by atoms with E-state index in [0.717, 1.165) is 93.9 Å². The van der Waals surface area contributed by atoms with Crippen molar-refractivity contribution in [1.82, 2.24) is 24.8 Å². The quantitative estimate of drug-likeness (QED) is 0.657. The van der Waals surface area contributed by atoms with Gasteiger partial charge >= 0.3 is 0 Å². The number of amides is 2. The number of aromatic nitrogens is 3. The minimum Gasteiger partial charge on any atom is -0.356 e. The topological polar surface area (TPSA) is 99.9 Å². The van der Waals surface area contributed by atoms with Gasteiger partial charge in [-0.25, -0.2) is 4.98 Å². The molecule has 2 amide bonds. The van der Waals surface area contributed by atoms with Crippen molar-refractivity contribution in [3.8, 4) is 0 Å². The van der Waals surface area contributed by atoms with E-state index in [-0.39, 0.29) is 23.3 Å². The summed E-state index contributed by atoms with van der Waals surface area (Å²) in [5.74, 6) is 0.339. The average Bonchev–Trinajstić information content (AvgIpc) is 3.43. The van der Waals surface area contributed by atoms with Gasteiger partial charge in [0.1, 0.15) is 0 Å². The van der Waals surface area contributed by atoms with Gasteiger partial charge in [0.15, 0.2) is 0 Å². The molecular weight excluding hydrogens is 428 g/mol. The molecule has 172 valence electrons. The highest BCUT2D eigenvalue weighted by molar-refractivity contribution is 7.20. The molecule has 4 heterocycles. The normalized spacial score (nSPS) is 19.6. The van der Waals surface area contributed by atoms with Gasteiger partial charge in [-0.05, 0) is 51.4 Å². The molecule has 0 unspecified atom stereocenters. The Kier molecular flexibility index (Phi) is 6.12. The van der Waals surface area contributed by atoms with E-state index in [4.69, 9.17) is 4.98 Å². The number of nitrogens with one attached hydrogen (secondary N) is 1. The smallest absolute Gasteiger partial charge is 0.278 e. The fraction of sp³-hybridized carbons (Fsp3) is 0.682. The monoisotopic (exact) mass is 458 g/mol. The van der Waals surface area contributed by atoms with Crippen LogP contribution in [0.2, 0.25) is 0 Å². The zero-order valence-electron chi connectivity index (χ0n) is 18.3. The number of aryl methyl sites for hydroxylation is 1. The van der Waals surface area contributed by atoms with Crippen molar-refractivity contribution in [3.05, 3.63) is 21.6 Å². The molecule has 3 aliphatic rings. The Labute approximate surface area is 190 Å². The maximum absolute atomic E-state index is 12.8. The van der Waals surface area contributed by atoms with Crippen molar-refractivity contribution < 1.29 is 9.59 Å². The lowest BCUT2D eigenvalue weighted by Crippen LogP contribution is -2.41. The molecule has 0 spiro atoms. The number of carbonyl (C=O) groups excluding carboxylic acids is 2. The van der Waals surface area contributed by atoms with Crippen LogP contribution in [-0.2, 0) is 22.4 Å². The predicted molar refractivity (Wildman–Crippen MR) is 122 cm³/mol. The maximum atomic E-state index is 12.8. The summed E-state index contributed by atoms with van der Waals surface area (Å²) in [7, 11) is 0. The summed E-state index contributed by atoms with van der Waals surface area (Å²) in [6.07, 6.45) is 7.75. The van der Waals surface area contributed by atoms with Gasteiger partial charge < -0.3 is 15.1 Å². The molecule has 2 aliphatic heterocycles. The minimum absolute atomic E-state index is 0.00204. The molecule has 1 aliphatic carbocycles. The minimum atomic E-state index is -0.0166. The number of fused-ring (bicyclic) bond motifs is 2. The molecule has 9 nitrogen and oxygen atoms in total. The fourth-order valence-corrected chi connectivity index (χ4v) is 5.95. The molecule has 32 heavy (non-hydrogen) atoms. The number of carbonyl (C=O) groups is 2. The second-order valence-corrected chi connectivity index (χ2v) is 9.95. The zero-order valence-corrected chi connectivity index (χ0v) is 19.2. The Bertz CT molecular complexity index is 1070. The highest BCUT2D eigenvalue weighted by Gasteiger charge is 2.27. The van der Waals surface area contributed by atoms with Gasteiger partial charge in [0.25, 0.3) is 5.56 Å². The lowest BCUT2D eigenvalue weighted by Gasteiger charge is -2.30. The Morgan fingerprint density at radius 1 is 1.06 bits per heavy atom. The number of nitrogens with zero attached hydrogens (tertiary/aromatic N) is 5. The summed E-state index contributed by atoms with van der Waals surface area (Å²) >= 11 is 1.46. The molecule has 0 atom stereocenters. The Hall–Kier alpha value is -2.49. The van der Waals surface area contributed by atoms with Crippen molar-refractivity contribution in [3.63, 3.8) is 0 Å². The highest BCUT2D eigenvalue weighted by Crippen LogP contribution is 2.28. The average molecular weight is 459 g/mol. The van der Waals surface area contributed by atoms with Crippen LogP contribution in [0.3, 0.4) is 0 Å². The van der Waals surface area contributed by atoms with Crippen LogP contribution in [0.1, 0.15) is 56.2 Å². The van der Waals surface area contributed by atoms with Crippen LogP contribution in [-0.4, -0.2) is 64.0 Å². The Balaban J connectivity index is 1.14. The first kappa shape index (κ1) is 21.4. The Morgan fingerprint density at radius 3 is 2.66 bits per heavy atom. The second-order valence-electron chi connectivity index (χ2n) is 9.02. The summed E-state index contributed by atoms with van der Waals surface area (Å²) in [4.78, 5) is 46.5. The predicted octanol–water partition coefficient (Wildman–Crippen LogP) is 1.37. The molecular formula is C22H30N6O3S. The van der Waals surface area contributed by atoms with E-state index >= 15 is 0 Å². The summed E-state index contributed by atoms with van der Waals surface area (Å²) in [6, 6.07) is 0. The molecule has 2 fully saturated rings. The van der Waals surface area contributed by atoms with E-state index < -0.39 is 0 Å². The summed E-state index contributed by atoms with van der Waals surface area (Å²) < 4.78 is 1.47. The van der Waals surface area contributed by atoms with Crippen LogP contribution < -0.4 is 15.8 Å². The van der Waals surface area contributed by atoms with E-state index in [1.54, 1.807) is 0 Å². The van der Waals surface area contributed by atoms with Crippen molar-refractivity contribution in [2.24, 2.45) is 5.92 Å². The number of rotatable bonds is 6. The van der Waals surface area contributed by atoms with Crippen LogP contribution in [0.25, 0.3) is 4.96 Å². The molecule has 2 saturated heterocycles. The number of hydrogen-bond donors (Lipinski definition) is 1. The van der Waals surface area contributed by atoms with Crippen molar-refractivity contribution in [1.29, 1.82) is 0 Å². The standard InChI is InChI=1S/C22H30N6O3S/c29-18-7-3-11-26(18)12-4-10-23-19(30)15-8-13-27(14-9-15)22-25-28-20(31)16-5-1-2-6-17(16)24-21(28)32-22/h15H,1-14H2,(H,23,30).